The molecule has 2 aromatic carbocycles. The lowest BCUT2D eigenvalue weighted by molar-refractivity contribution is -0.384. The highest BCUT2D eigenvalue weighted by Gasteiger charge is 2.30. The molecule has 9 heteroatoms. The summed E-state index contributed by atoms with van der Waals surface area (Å²) in [7, 11) is -4.17. The zero-order valence-electron chi connectivity index (χ0n) is 12.5. The summed E-state index contributed by atoms with van der Waals surface area (Å²) in [6.07, 6.45) is 0. The Morgan fingerprint density at radius 1 is 1.08 bits per heavy atom. The van der Waals surface area contributed by atoms with Gasteiger partial charge in [0, 0.05) is 6.07 Å². The summed E-state index contributed by atoms with van der Waals surface area (Å²) in [5.41, 5.74) is 5.13. The normalized spacial score (nSPS) is 11.0. The number of nitro groups is 1. The van der Waals surface area contributed by atoms with Crippen LogP contribution >= 0.6 is 0 Å². The maximum Gasteiger partial charge on any atom is 0.293 e. The van der Waals surface area contributed by atoms with Crippen molar-refractivity contribution in [2.75, 3.05) is 10.1 Å². The van der Waals surface area contributed by atoms with Crippen LogP contribution in [0.15, 0.2) is 54.6 Å². The lowest BCUT2D eigenvalue weighted by Crippen LogP contribution is -2.37. The van der Waals surface area contributed by atoms with Crippen molar-refractivity contribution >= 4 is 27.3 Å². The molecule has 8 nitrogen and oxygen atoms in total. The van der Waals surface area contributed by atoms with Crippen LogP contribution in [0.4, 0.5) is 11.4 Å². The van der Waals surface area contributed by atoms with Gasteiger partial charge < -0.3 is 5.73 Å². The maximum absolute atomic E-state index is 12.5. The molecule has 2 N–H and O–H groups in total. The van der Waals surface area contributed by atoms with Crippen molar-refractivity contribution in [1.29, 1.82) is 0 Å². The van der Waals surface area contributed by atoms with Gasteiger partial charge in [0.05, 0.1) is 11.5 Å². The summed E-state index contributed by atoms with van der Waals surface area (Å²) in [6.45, 7) is -0.151. The highest BCUT2D eigenvalue weighted by molar-refractivity contribution is 7.93. The van der Waals surface area contributed by atoms with Crippen LogP contribution in [-0.2, 0) is 21.4 Å². The van der Waals surface area contributed by atoms with Crippen LogP contribution in [0.25, 0.3) is 0 Å². The zero-order valence-corrected chi connectivity index (χ0v) is 13.3. The summed E-state index contributed by atoms with van der Waals surface area (Å²) < 4.78 is 25.9. The van der Waals surface area contributed by atoms with Gasteiger partial charge in [-0.1, -0.05) is 42.5 Å². The number of nitrogens with two attached hydrogens (primary N) is 1. The summed E-state index contributed by atoms with van der Waals surface area (Å²) >= 11 is 0. The van der Waals surface area contributed by atoms with Gasteiger partial charge in [-0.25, -0.2) is 8.42 Å². The van der Waals surface area contributed by atoms with E-state index < -0.39 is 26.6 Å². The van der Waals surface area contributed by atoms with Crippen molar-refractivity contribution in [3.63, 3.8) is 0 Å². The predicted molar refractivity (Wildman–Crippen MR) is 88.7 cm³/mol. The molecule has 0 aliphatic rings. The van der Waals surface area contributed by atoms with Crippen LogP contribution in [0.1, 0.15) is 5.56 Å². The van der Waals surface area contributed by atoms with Crippen LogP contribution in [0, 0.1) is 10.1 Å². The third-order valence-corrected chi connectivity index (χ3v) is 4.82. The van der Waals surface area contributed by atoms with E-state index in [1.807, 2.05) is 0 Å². The van der Waals surface area contributed by atoms with E-state index in [4.69, 9.17) is 5.73 Å². The second-order valence-electron chi connectivity index (χ2n) is 4.96. The minimum Gasteiger partial charge on any atom is -0.369 e. The molecule has 2 aromatic rings. The molecule has 0 spiro atoms. The first kappa shape index (κ1) is 17.4. The fraction of sp³-hybridized carbons (Fsp3) is 0.133. The lowest BCUT2D eigenvalue weighted by atomic mass is 10.2. The number of carbonyl (C=O) groups is 1. The summed E-state index contributed by atoms with van der Waals surface area (Å²) in [5.74, 6) is -1.97. The van der Waals surface area contributed by atoms with E-state index in [1.54, 1.807) is 30.3 Å². The van der Waals surface area contributed by atoms with Crippen LogP contribution < -0.4 is 10.0 Å². The monoisotopic (exact) mass is 349 g/mol. The molecule has 2 rings (SSSR count). The highest BCUT2D eigenvalue weighted by atomic mass is 32.2. The quantitative estimate of drug-likeness (QED) is 0.598. The Hall–Kier alpha value is -2.94. The molecule has 0 fully saturated rings. The molecule has 24 heavy (non-hydrogen) atoms. The van der Waals surface area contributed by atoms with Gasteiger partial charge in [0.25, 0.3) is 5.69 Å². The first-order valence-electron chi connectivity index (χ1n) is 6.87. The van der Waals surface area contributed by atoms with Gasteiger partial charge in [0.2, 0.25) is 15.9 Å². The fourth-order valence-electron chi connectivity index (χ4n) is 2.17. The second kappa shape index (κ2) is 7.09. The minimum absolute atomic E-state index is 0.118. The molecule has 0 atom stereocenters. The SMILES string of the molecule is NC(=O)CS(=O)(=O)N(Cc1ccccc1)c1ccccc1[N+](=O)[O-]. The summed E-state index contributed by atoms with van der Waals surface area (Å²) in [4.78, 5) is 21.7. The Bertz CT molecular complexity index is 852. The molecule has 0 aromatic heterocycles. The predicted octanol–water partition coefficient (Wildman–Crippen LogP) is 1.42. The van der Waals surface area contributed by atoms with E-state index in [0.29, 0.717) is 5.56 Å². The number of nitro benzene ring substituents is 1. The van der Waals surface area contributed by atoms with Crippen molar-refractivity contribution in [3.05, 3.63) is 70.3 Å². The first-order valence-corrected chi connectivity index (χ1v) is 8.48. The molecule has 0 radical (unpaired) electrons. The summed E-state index contributed by atoms with van der Waals surface area (Å²) in [6, 6.07) is 14.0. The van der Waals surface area contributed by atoms with E-state index in [9.17, 15) is 23.3 Å². The van der Waals surface area contributed by atoms with Gasteiger partial charge in [0.1, 0.15) is 11.4 Å². The number of rotatable bonds is 7. The van der Waals surface area contributed by atoms with Gasteiger partial charge >= 0.3 is 0 Å². The number of nitrogens with zero attached hydrogens (tertiary/aromatic N) is 2. The first-order chi connectivity index (χ1) is 11.3. The Labute approximate surface area is 138 Å². The largest absolute Gasteiger partial charge is 0.369 e. The van der Waals surface area contributed by atoms with E-state index in [-0.39, 0.29) is 17.9 Å². The maximum atomic E-state index is 12.5. The smallest absolute Gasteiger partial charge is 0.293 e. The number of hydrogen-bond donors (Lipinski definition) is 1. The molecule has 0 aliphatic carbocycles. The van der Waals surface area contributed by atoms with Crippen LogP contribution in [0.2, 0.25) is 0 Å². The van der Waals surface area contributed by atoms with Crippen LogP contribution in [0.3, 0.4) is 0 Å². The summed E-state index contributed by atoms with van der Waals surface area (Å²) in [5, 5.41) is 11.2. The number of sulfonamides is 1. The molecule has 0 unspecified atom stereocenters. The third kappa shape index (κ3) is 4.07. The average molecular weight is 349 g/mol. The van der Waals surface area contributed by atoms with E-state index in [0.717, 1.165) is 4.31 Å². The second-order valence-corrected chi connectivity index (χ2v) is 6.85. The third-order valence-electron chi connectivity index (χ3n) is 3.18. The number of amides is 1. The number of primary amides is 1. The average Bonchev–Trinajstić information content (AvgIpc) is 2.52. The molecule has 1 amide bonds. The highest BCUT2D eigenvalue weighted by Crippen LogP contribution is 2.31. The van der Waals surface area contributed by atoms with E-state index in [2.05, 4.69) is 0 Å². The van der Waals surface area contributed by atoms with Crippen molar-refractivity contribution in [2.24, 2.45) is 5.73 Å². The van der Waals surface area contributed by atoms with Crippen LogP contribution in [-0.4, -0.2) is 25.0 Å². The lowest BCUT2D eigenvalue weighted by Gasteiger charge is -2.23. The van der Waals surface area contributed by atoms with E-state index >= 15 is 0 Å². The van der Waals surface area contributed by atoms with Gasteiger partial charge in [-0.15, -0.1) is 0 Å². The molecule has 126 valence electrons. The molecular formula is C15H15N3O5S. The number of benzene rings is 2. The number of para-hydroxylation sites is 2. The molecule has 0 saturated heterocycles. The standard InChI is InChI=1S/C15H15N3O5S/c16-15(19)11-24(22,23)17(10-12-6-2-1-3-7-12)13-8-4-5-9-14(13)18(20)21/h1-9H,10-11H2,(H2,16,19). The van der Waals surface area contributed by atoms with Crippen molar-refractivity contribution < 1.29 is 18.1 Å². The van der Waals surface area contributed by atoms with E-state index in [1.165, 1.54) is 24.3 Å². The van der Waals surface area contributed by atoms with Gasteiger partial charge in [-0.3, -0.25) is 19.2 Å². The Kier molecular flexibility index (Phi) is 5.14. The van der Waals surface area contributed by atoms with Crippen molar-refractivity contribution in [1.82, 2.24) is 0 Å². The minimum atomic E-state index is -4.17. The van der Waals surface area contributed by atoms with Gasteiger partial charge in [-0.05, 0) is 11.6 Å². The van der Waals surface area contributed by atoms with Crippen molar-refractivity contribution in [2.45, 2.75) is 6.54 Å². The fourth-order valence-corrected chi connectivity index (χ4v) is 3.48. The topological polar surface area (TPSA) is 124 Å². The molecule has 0 aliphatic heterocycles. The van der Waals surface area contributed by atoms with Crippen LogP contribution in [0.5, 0.6) is 0 Å². The molecular weight excluding hydrogens is 334 g/mol. The molecule has 0 heterocycles. The Balaban J connectivity index is 2.55. The van der Waals surface area contributed by atoms with Gasteiger partial charge in [-0.2, -0.15) is 0 Å². The molecule has 0 saturated carbocycles. The van der Waals surface area contributed by atoms with Crippen molar-refractivity contribution in [3.8, 4) is 0 Å². The molecule has 0 bridgehead atoms. The van der Waals surface area contributed by atoms with Gasteiger partial charge in [0.15, 0.2) is 0 Å². The Morgan fingerprint density at radius 2 is 1.67 bits per heavy atom. The zero-order chi connectivity index (χ0) is 17.7. The number of hydrogen-bond acceptors (Lipinski definition) is 5. The number of carbonyl (C=O) groups excluding carboxylic acids is 1. The Morgan fingerprint density at radius 3 is 2.25 bits per heavy atom. The number of anilines is 1.